The van der Waals surface area contributed by atoms with E-state index in [0.29, 0.717) is 0 Å². The summed E-state index contributed by atoms with van der Waals surface area (Å²) < 4.78 is 25.7. The van der Waals surface area contributed by atoms with Crippen LogP contribution in [-0.2, 0) is 14.8 Å². The minimum absolute atomic E-state index is 0.154. The van der Waals surface area contributed by atoms with E-state index < -0.39 is 22.5 Å². The highest BCUT2D eigenvalue weighted by Gasteiger charge is 2.39. The average molecular weight is 269 g/mol. The number of hydrogen-bond acceptors (Lipinski definition) is 3. The Kier molecular flexibility index (Phi) is 3.41. The lowest BCUT2D eigenvalue weighted by atomic mass is 10.2. The molecular formula is C12H15NO4S. The number of carboxylic acids is 1. The monoisotopic (exact) mass is 269 g/mol. The largest absolute Gasteiger partial charge is 0.480 e. The van der Waals surface area contributed by atoms with E-state index in [1.54, 1.807) is 12.1 Å². The molecule has 1 N–H and O–H groups in total. The number of benzene rings is 1. The van der Waals surface area contributed by atoms with Crippen LogP contribution in [-0.4, -0.2) is 36.4 Å². The first-order valence-electron chi connectivity index (χ1n) is 5.71. The summed E-state index contributed by atoms with van der Waals surface area (Å²) in [6.07, 6.45) is 1.47. The number of hydrogen-bond donors (Lipinski definition) is 1. The maximum absolute atomic E-state index is 12.3. The van der Waals surface area contributed by atoms with E-state index in [9.17, 15) is 13.2 Å². The number of aryl methyl sites for hydroxylation is 1. The van der Waals surface area contributed by atoms with Crippen molar-refractivity contribution in [2.75, 3.05) is 6.54 Å². The maximum atomic E-state index is 12.3. The number of carbonyl (C=O) groups is 1. The second-order valence-corrected chi connectivity index (χ2v) is 6.38. The number of aliphatic carboxylic acids is 1. The quantitative estimate of drug-likeness (QED) is 0.872. The third kappa shape index (κ3) is 2.70. The summed E-state index contributed by atoms with van der Waals surface area (Å²) in [5, 5.41) is 8.81. The van der Waals surface area contributed by atoms with Crippen LogP contribution in [0.5, 0.6) is 0 Å². The molecule has 0 unspecified atom stereocenters. The van der Waals surface area contributed by atoms with Crippen molar-refractivity contribution < 1.29 is 18.3 Å². The van der Waals surface area contributed by atoms with Gasteiger partial charge in [-0.1, -0.05) is 17.7 Å². The standard InChI is InChI=1S/C12H15NO4S/c1-9-2-6-11(7-3-9)18(16,17)13(8-12(14)15)10-4-5-10/h2-3,6-7,10H,4-5,8H2,1H3,(H,14,15). The Bertz CT molecular complexity index is 546. The molecule has 0 aliphatic heterocycles. The zero-order valence-electron chi connectivity index (χ0n) is 10.0. The highest BCUT2D eigenvalue weighted by Crippen LogP contribution is 2.31. The fraction of sp³-hybridized carbons (Fsp3) is 0.417. The maximum Gasteiger partial charge on any atom is 0.318 e. The molecule has 2 rings (SSSR count). The fourth-order valence-corrected chi connectivity index (χ4v) is 3.39. The van der Waals surface area contributed by atoms with E-state index in [1.807, 2.05) is 6.92 Å². The number of sulfonamides is 1. The number of nitrogens with zero attached hydrogens (tertiary/aromatic N) is 1. The molecule has 1 aliphatic rings. The molecule has 0 radical (unpaired) electrons. The van der Waals surface area contributed by atoms with Gasteiger partial charge in [0.25, 0.3) is 0 Å². The van der Waals surface area contributed by atoms with Crippen LogP contribution in [0, 0.1) is 6.92 Å². The molecule has 0 bridgehead atoms. The molecule has 0 aromatic heterocycles. The molecule has 0 saturated heterocycles. The van der Waals surface area contributed by atoms with E-state index in [1.165, 1.54) is 12.1 Å². The average Bonchev–Trinajstić information content (AvgIpc) is 3.10. The van der Waals surface area contributed by atoms with Crippen LogP contribution in [0.25, 0.3) is 0 Å². The van der Waals surface area contributed by atoms with Gasteiger partial charge in [-0.15, -0.1) is 0 Å². The molecule has 0 heterocycles. The van der Waals surface area contributed by atoms with Crippen LogP contribution in [0.3, 0.4) is 0 Å². The van der Waals surface area contributed by atoms with Crippen molar-refractivity contribution in [2.45, 2.75) is 30.7 Å². The highest BCUT2D eigenvalue weighted by molar-refractivity contribution is 7.89. The van der Waals surface area contributed by atoms with Crippen molar-refractivity contribution in [3.63, 3.8) is 0 Å². The molecule has 0 amide bonds. The molecule has 0 spiro atoms. The zero-order chi connectivity index (χ0) is 13.3. The van der Waals surface area contributed by atoms with Gasteiger partial charge in [-0.2, -0.15) is 4.31 Å². The molecular weight excluding hydrogens is 254 g/mol. The second-order valence-electron chi connectivity index (χ2n) is 4.49. The van der Waals surface area contributed by atoms with Crippen LogP contribution in [0.4, 0.5) is 0 Å². The van der Waals surface area contributed by atoms with Crippen molar-refractivity contribution in [2.24, 2.45) is 0 Å². The zero-order valence-corrected chi connectivity index (χ0v) is 10.9. The van der Waals surface area contributed by atoms with E-state index in [0.717, 1.165) is 22.7 Å². The van der Waals surface area contributed by atoms with Gasteiger partial charge in [0, 0.05) is 6.04 Å². The van der Waals surface area contributed by atoms with Crippen molar-refractivity contribution >= 4 is 16.0 Å². The first kappa shape index (κ1) is 13.0. The lowest BCUT2D eigenvalue weighted by Gasteiger charge is -2.19. The predicted molar refractivity (Wildman–Crippen MR) is 65.7 cm³/mol. The molecule has 5 nitrogen and oxygen atoms in total. The summed E-state index contributed by atoms with van der Waals surface area (Å²) in [5.74, 6) is -1.13. The summed E-state index contributed by atoms with van der Waals surface area (Å²) in [5.41, 5.74) is 0.963. The molecule has 98 valence electrons. The van der Waals surface area contributed by atoms with Crippen LogP contribution < -0.4 is 0 Å². The second kappa shape index (κ2) is 4.70. The molecule has 1 saturated carbocycles. The van der Waals surface area contributed by atoms with Gasteiger partial charge >= 0.3 is 5.97 Å². The minimum atomic E-state index is -3.70. The van der Waals surface area contributed by atoms with Crippen molar-refractivity contribution in [1.82, 2.24) is 4.31 Å². The lowest BCUT2D eigenvalue weighted by Crippen LogP contribution is -2.37. The summed E-state index contributed by atoms with van der Waals surface area (Å²) in [4.78, 5) is 10.9. The third-order valence-corrected chi connectivity index (χ3v) is 4.79. The lowest BCUT2D eigenvalue weighted by molar-refractivity contribution is -0.137. The molecule has 0 atom stereocenters. The van der Waals surface area contributed by atoms with Gasteiger partial charge < -0.3 is 5.11 Å². The van der Waals surface area contributed by atoms with Crippen LogP contribution in [0.15, 0.2) is 29.2 Å². The Balaban J connectivity index is 2.32. The van der Waals surface area contributed by atoms with Crippen molar-refractivity contribution in [3.8, 4) is 0 Å². The van der Waals surface area contributed by atoms with Gasteiger partial charge in [0.2, 0.25) is 10.0 Å². The van der Waals surface area contributed by atoms with Gasteiger partial charge in [0.05, 0.1) is 4.90 Å². The SMILES string of the molecule is Cc1ccc(S(=O)(=O)N(CC(=O)O)C2CC2)cc1. The molecule has 1 aromatic rings. The van der Waals surface area contributed by atoms with Crippen molar-refractivity contribution in [3.05, 3.63) is 29.8 Å². The van der Waals surface area contributed by atoms with Gasteiger partial charge in [-0.05, 0) is 31.9 Å². The first-order valence-corrected chi connectivity index (χ1v) is 7.15. The highest BCUT2D eigenvalue weighted by atomic mass is 32.2. The Hall–Kier alpha value is -1.40. The predicted octanol–water partition coefficient (Wildman–Crippen LogP) is 1.23. The molecule has 6 heteroatoms. The summed E-state index contributed by atoms with van der Waals surface area (Å²) in [6.45, 7) is 1.40. The van der Waals surface area contributed by atoms with E-state index in [-0.39, 0.29) is 10.9 Å². The smallest absolute Gasteiger partial charge is 0.318 e. The molecule has 18 heavy (non-hydrogen) atoms. The fourth-order valence-electron chi connectivity index (χ4n) is 1.75. The van der Waals surface area contributed by atoms with Gasteiger partial charge in [-0.3, -0.25) is 4.79 Å². The van der Waals surface area contributed by atoms with Crippen LogP contribution in [0.2, 0.25) is 0 Å². The molecule has 1 aliphatic carbocycles. The number of carboxylic acid groups (broad SMARTS) is 1. The van der Waals surface area contributed by atoms with Crippen LogP contribution >= 0.6 is 0 Å². The minimum Gasteiger partial charge on any atom is -0.480 e. The number of rotatable bonds is 5. The molecule has 1 aromatic carbocycles. The first-order chi connectivity index (χ1) is 8.41. The third-order valence-electron chi connectivity index (χ3n) is 2.87. The Labute approximate surface area is 106 Å². The van der Waals surface area contributed by atoms with Gasteiger partial charge in [-0.25, -0.2) is 8.42 Å². The Morgan fingerprint density at radius 2 is 1.89 bits per heavy atom. The Morgan fingerprint density at radius 1 is 1.33 bits per heavy atom. The summed E-state index contributed by atoms with van der Waals surface area (Å²) in [6, 6.07) is 6.29. The summed E-state index contributed by atoms with van der Waals surface area (Å²) >= 11 is 0. The van der Waals surface area contributed by atoms with E-state index in [2.05, 4.69) is 0 Å². The normalized spacial score (nSPS) is 15.9. The topological polar surface area (TPSA) is 74.7 Å². The van der Waals surface area contributed by atoms with Gasteiger partial charge in [0.1, 0.15) is 6.54 Å². The Morgan fingerprint density at radius 3 is 2.33 bits per heavy atom. The van der Waals surface area contributed by atoms with Gasteiger partial charge in [0.15, 0.2) is 0 Å². The van der Waals surface area contributed by atoms with E-state index >= 15 is 0 Å². The molecule has 1 fully saturated rings. The summed E-state index contributed by atoms with van der Waals surface area (Å²) in [7, 11) is -3.70. The van der Waals surface area contributed by atoms with Crippen LogP contribution in [0.1, 0.15) is 18.4 Å². The van der Waals surface area contributed by atoms with Crippen molar-refractivity contribution in [1.29, 1.82) is 0 Å². The van der Waals surface area contributed by atoms with E-state index in [4.69, 9.17) is 5.11 Å².